The number of nitro benzene ring substituents is 1. The Morgan fingerprint density at radius 2 is 1.73 bits per heavy atom. The lowest BCUT2D eigenvalue weighted by Crippen LogP contribution is -2.64. The Labute approximate surface area is 383 Å². The number of nitrogens with one attached hydrogen (secondary N) is 1. The molecule has 3 aliphatic rings. The molecule has 0 bridgehead atoms. The van der Waals surface area contributed by atoms with E-state index in [1.807, 2.05) is 54.6 Å². The van der Waals surface area contributed by atoms with Crippen LogP contribution in [0.25, 0.3) is 0 Å². The molecule has 3 N–H and O–H groups in total. The van der Waals surface area contributed by atoms with E-state index in [1.54, 1.807) is 41.7 Å². The number of non-ortho nitro benzene ring substituents is 1. The second-order valence-electron chi connectivity index (χ2n) is 16.3. The SMILES string of the molecule is C=CCOC12Oc3ccc(OCCSc4ccccc4)cc3C3C(CCCCO)C(CCCCO)C=C(C(=NOCc4ccc([N+](=O)[O-])cc4)CC1Sc1ccc(NC(C)=O)cc1)C32. The average molecular weight is 908 g/mol. The number of anilines is 1. The van der Waals surface area contributed by atoms with Crippen LogP contribution in [-0.2, 0) is 21.0 Å². The van der Waals surface area contributed by atoms with Gasteiger partial charge in [-0.1, -0.05) is 48.3 Å². The van der Waals surface area contributed by atoms with Gasteiger partial charge in [0.25, 0.3) is 5.69 Å². The van der Waals surface area contributed by atoms with Crippen LogP contribution in [0.15, 0.2) is 136 Å². The first kappa shape index (κ1) is 46.9. The molecule has 4 aromatic rings. The summed E-state index contributed by atoms with van der Waals surface area (Å²) in [5, 5.41) is 38.6. The van der Waals surface area contributed by atoms with Crippen molar-refractivity contribution < 1.29 is 39.0 Å². The van der Waals surface area contributed by atoms with E-state index in [0.717, 1.165) is 70.2 Å². The molecular formula is C50H57N3O9S2. The van der Waals surface area contributed by atoms with Gasteiger partial charge >= 0.3 is 0 Å². The summed E-state index contributed by atoms with van der Waals surface area (Å²) in [4.78, 5) is 31.1. The van der Waals surface area contributed by atoms with Gasteiger partial charge in [-0.25, -0.2) is 0 Å². The van der Waals surface area contributed by atoms with Crippen LogP contribution in [0, 0.1) is 27.9 Å². The van der Waals surface area contributed by atoms with Crippen molar-refractivity contribution in [3.8, 4) is 11.5 Å². The van der Waals surface area contributed by atoms with Gasteiger partial charge in [0.15, 0.2) is 0 Å². The van der Waals surface area contributed by atoms with Crippen LogP contribution < -0.4 is 14.8 Å². The highest BCUT2D eigenvalue weighted by Crippen LogP contribution is 2.63. The Morgan fingerprint density at radius 3 is 2.44 bits per heavy atom. The van der Waals surface area contributed by atoms with Crippen LogP contribution in [0.3, 0.4) is 0 Å². The quantitative estimate of drug-likeness (QED) is 0.0214. The Morgan fingerprint density at radius 1 is 0.984 bits per heavy atom. The van der Waals surface area contributed by atoms with Gasteiger partial charge in [0.2, 0.25) is 11.7 Å². The van der Waals surface area contributed by atoms with E-state index in [0.29, 0.717) is 31.6 Å². The van der Waals surface area contributed by atoms with Crippen molar-refractivity contribution in [1.82, 2.24) is 0 Å². The van der Waals surface area contributed by atoms with Gasteiger partial charge in [0.05, 0.1) is 35.0 Å². The van der Waals surface area contributed by atoms with Crippen molar-refractivity contribution >= 4 is 46.5 Å². The number of allylic oxidation sites excluding steroid dienone is 1. The molecule has 338 valence electrons. The highest BCUT2D eigenvalue weighted by Gasteiger charge is 2.64. The number of carbonyl (C=O) groups is 1. The number of hydrogen-bond acceptors (Lipinski definition) is 12. The molecule has 64 heavy (non-hydrogen) atoms. The highest BCUT2D eigenvalue weighted by molar-refractivity contribution is 8.00. The normalized spacial score (nSPS) is 22.6. The van der Waals surface area contributed by atoms with Gasteiger partial charge in [-0.05, 0) is 115 Å². The minimum Gasteiger partial charge on any atom is -0.493 e. The van der Waals surface area contributed by atoms with E-state index in [9.17, 15) is 25.1 Å². The van der Waals surface area contributed by atoms with Crippen molar-refractivity contribution in [2.75, 3.05) is 37.5 Å². The molecule has 14 heteroatoms. The second-order valence-corrected chi connectivity index (χ2v) is 18.7. The first-order valence-electron chi connectivity index (χ1n) is 22.0. The molecule has 6 atom stereocenters. The third kappa shape index (κ3) is 11.4. The number of carbonyl (C=O) groups excluding carboxylic acids is 1. The van der Waals surface area contributed by atoms with Crippen LogP contribution >= 0.6 is 23.5 Å². The lowest BCUT2D eigenvalue weighted by Gasteiger charge is -2.58. The number of nitrogens with zero attached hydrogens (tertiary/aromatic N) is 2. The van der Waals surface area contributed by atoms with E-state index < -0.39 is 10.7 Å². The summed E-state index contributed by atoms with van der Waals surface area (Å²) in [6.07, 6.45) is 9.21. The molecule has 6 unspecified atom stereocenters. The summed E-state index contributed by atoms with van der Waals surface area (Å²) >= 11 is 3.37. The Bertz CT molecular complexity index is 2260. The monoisotopic (exact) mass is 907 g/mol. The fourth-order valence-electron chi connectivity index (χ4n) is 9.23. The molecule has 4 aromatic carbocycles. The third-order valence-electron chi connectivity index (χ3n) is 12.0. The minimum atomic E-state index is -1.20. The molecule has 1 saturated carbocycles. The number of hydrogen-bond donors (Lipinski definition) is 3. The molecule has 0 spiro atoms. The van der Waals surface area contributed by atoms with Gasteiger partial charge in [-0.2, -0.15) is 0 Å². The maximum Gasteiger partial charge on any atom is 0.269 e. The number of nitro groups is 1. The van der Waals surface area contributed by atoms with E-state index in [4.69, 9.17) is 24.2 Å². The fourth-order valence-corrected chi connectivity index (χ4v) is 11.3. The van der Waals surface area contributed by atoms with Gasteiger partial charge in [-0.3, -0.25) is 14.9 Å². The van der Waals surface area contributed by atoms with Crippen LogP contribution in [-0.4, -0.2) is 70.0 Å². The molecule has 1 amide bonds. The first-order chi connectivity index (χ1) is 31.2. The molecule has 0 radical (unpaired) electrons. The molecule has 0 saturated heterocycles. The van der Waals surface area contributed by atoms with Crippen molar-refractivity contribution in [3.05, 3.63) is 143 Å². The predicted molar refractivity (Wildman–Crippen MR) is 252 cm³/mol. The standard InChI is InChI=1S/C50H57N3O9S2/c1-3-27-60-50-47(64-41-22-17-37(18-23-41)51-34(2)56)32-45(52-61-33-35-15-19-38(20-16-35)53(57)58)43-30-36(11-7-9-25-54)42(14-8-10-26-55)48(49(43)50)44-31-39(21-24-46(44)62-50)59-28-29-63-40-12-5-4-6-13-40/h3-6,12-13,15-24,30-31,36,42,47-49,54-55H,1,7-11,14,25-29,32-33H2,2H3,(H,51,56). The average Bonchev–Trinajstić information content (AvgIpc) is 3.30. The molecule has 0 aromatic heterocycles. The van der Waals surface area contributed by atoms with Crippen molar-refractivity contribution in [2.24, 2.45) is 22.9 Å². The summed E-state index contributed by atoms with van der Waals surface area (Å²) in [5.74, 6) is 0.620. The maximum atomic E-state index is 11.9. The molecule has 1 fully saturated rings. The zero-order chi connectivity index (χ0) is 44.9. The topological polar surface area (TPSA) is 162 Å². The van der Waals surface area contributed by atoms with Gasteiger partial charge in [0.1, 0.15) is 18.1 Å². The molecular weight excluding hydrogens is 851 g/mol. The van der Waals surface area contributed by atoms with Gasteiger partial charge in [-0.15, -0.1) is 30.1 Å². The van der Waals surface area contributed by atoms with Crippen molar-refractivity contribution in [2.45, 2.75) is 85.2 Å². The number of unbranched alkanes of at least 4 members (excludes halogenated alkanes) is 2. The number of fused-ring (bicyclic) bond motifs is 2. The molecule has 2 aliphatic carbocycles. The first-order valence-corrected chi connectivity index (χ1v) is 23.9. The third-order valence-corrected chi connectivity index (χ3v) is 14.3. The van der Waals surface area contributed by atoms with E-state index in [1.165, 1.54) is 24.0 Å². The molecule has 7 rings (SSSR count). The Kier molecular flexibility index (Phi) is 16.6. The maximum absolute atomic E-state index is 11.9. The Hall–Kier alpha value is -5.12. The number of ether oxygens (including phenoxy) is 3. The minimum absolute atomic E-state index is 0.000390. The summed E-state index contributed by atoms with van der Waals surface area (Å²) in [7, 11) is 0. The number of oxime groups is 1. The molecule has 1 heterocycles. The van der Waals surface area contributed by atoms with Crippen LogP contribution in [0.4, 0.5) is 11.4 Å². The summed E-state index contributed by atoms with van der Waals surface area (Å²) in [6.45, 7) is 6.58. The predicted octanol–water partition coefficient (Wildman–Crippen LogP) is 10.4. The number of benzene rings is 4. The zero-order valence-corrected chi connectivity index (χ0v) is 37.8. The number of amides is 1. The highest BCUT2D eigenvalue weighted by atomic mass is 32.2. The summed E-state index contributed by atoms with van der Waals surface area (Å²) < 4.78 is 20.9. The van der Waals surface area contributed by atoms with E-state index >= 15 is 0 Å². The van der Waals surface area contributed by atoms with Crippen LogP contribution in [0.2, 0.25) is 0 Å². The van der Waals surface area contributed by atoms with Gasteiger partial charge in [0, 0.05) is 71.4 Å². The lowest BCUT2D eigenvalue weighted by atomic mass is 9.56. The Balaban J connectivity index is 1.33. The summed E-state index contributed by atoms with van der Waals surface area (Å²) in [6, 6.07) is 30.4. The summed E-state index contributed by atoms with van der Waals surface area (Å²) in [5.41, 5.74) is 4.21. The molecule has 1 aliphatic heterocycles. The smallest absolute Gasteiger partial charge is 0.269 e. The van der Waals surface area contributed by atoms with Crippen molar-refractivity contribution in [3.63, 3.8) is 0 Å². The van der Waals surface area contributed by atoms with Crippen LogP contribution in [0.1, 0.15) is 68.9 Å². The zero-order valence-electron chi connectivity index (χ0n) is 36.1. The number of rotatable bonds is 23. The van der Waals surface area contributed by atoms with E-state index in [-0.39, 0.29) is 66.9 Å². The van der Waals surface area contributed by atoms with Gasteiger partial charge < -0.3 is 34.6 Å². The number of thioether (sulfide) groups is 2. The lowest BCUT2D eigenvalue weighted by molar-refractivity contribution is -0.384. The number of aliphatic hydroxyl groups excluding tert-OH is 2. The molecule has 12 nitrogen and oxygen atoms in total. The van der Waals surface area contributed by atoms with Crippen LogP contribution in [0.5, 0.6) is 11.5 Å². The largest absolute Gasteiger partial charge is 0.493 e. The number of aliphatic hydroxyl groups is 2. The van der Waals surface area contributed by atoms with E-state index in [2.05, 4.69) is 36.2 Å². The fraction of sp³-hybridized carbons (Fsp3) is 0.400. The van der Waals surface area contributed by atoms with Crippen molar-refractivity contribution in [1.29, 1.82) is 0 Å². The second kappa shape index (κ2) is 22.7.